The molecule has 1 atom stereocenters. The maximum absolute atomic E-state index is 5.65. The normalized spacial score (nSPS) is 35.1. The molecule has 2 rings (SSSR count). The first kappa shape index (κ1) is 6.62. The van der Waals surface area contributed by atoms with Crippen LogP contribution in [-0.4, -0.2) is 30.1 Å². The fraction of sp³-hybridized carbons (Fsp3) is 1.00. The molecule has 2 heteroatoms. The lowest BCUT2D eigenvalue weighted by atomic mass is 10.2. The molecule has 2 fully saturated rings. The molecule has 1 saturated carbocycles. The molecule has 0 amide bonds. The van der Waals surface area contributed by atoms with Gasteiger partial charge in [0.1, 0.15) is 0 Å². The van der Waals surface area contributed by atoms with Crippen molar-refractivity contribution >= 4 is 0 Å². The molecule has 0 aromatic rings. The summed E-state index contributed by atoms with van der Waals surface area (Å²) in [6.07, 6.45) is 5.57. The number of rotatable bonds is 2. The van der Waals surface area contributed by atoms with Gasteiger partial charge in [-0.25, -0.2) is 0 Å². The molecule has 0 spiro atoms. The van der Waals surface area contributed by atoms with Crippen molar-refractivity contribution in [1.29, 1.82) is 0 Å². The van der Waals surface area contributed by atoms with Gasteiger partial charge in [0.15, 0.2) is 0 Å². The van der Waals surface area contributed by atoms with E-state index in [0.717, 1.165) is 18.6 Å². The van der Waals surface area contributed by atoms with Crippen LogP contribution in [0.15, 0.2) is 0 Å². The molecule has 10 heavy (non-hydrogen) atoms. The largest absolute Gasteiger partial charge is 0.329 e. The van der Waals surface area contributed by atoms with E-state index in [0.29, 0.717) is 0 Å². The van der Waals surface area contributed by atoms with Gasteiger partial charge in [-0.05, 0) is 32.2 Å². The molecule has 0 bridgehead atoms. The molecule has 58 valence electrons. The lowest BCUT2D eigenvalue weighted by Gasteiger charge is -2.22. The molecule has 1 aliphatic heterocycles. The molecule has 1 aliphatic carbocycles. The zero-order valence-corrected chi connectivity index (χ0v) is 6.42. The van der Waals surface area contributed by atoms with E-state index in [4.69, 9.17) is 5.73 Å². The predicted octanol–water partition coefficient (Wildman–Crippen LogP) is 0.572. The Hall–Kier alpha value is -0.0800. The molecule has 0 aromatic heterocycles. The second kappa shape index (κ2) is 2.51. The van der Waals surface area contributed by atoms with Gasteiger partial charge in [-0.15, -0.1) is 0 Å². The summed E-state index contributed by atoms with van der Waals surface area (Å²) in [5.41, 5.74) is 5.65. The van der Waals surface area contributed by atoms with Gasteiger partial charge in [-0.1, -0.05) is 0 Å². The molecular formula is C8H16N2. The highest BCUT2D eigenvalue weighted by molar-refractivity contribution is 4.92. The number of nitrogens with zero attached hydrogens (tertiary/aromatic N) is 1. The summed E-state index contributed by atoms with van der Waals surface area (Å²) in [6, 6.07) is 1.66. The van der Waals surface area contributed by atoms with Gasteiger partial charge in [-0.3, -0.25) is 4.90 Å². The summed E-state index contributed by atoms with van der Waals surface area (Å²) in [5.74, 6) is 0. The van der Waals surface area contributed by atoms with Crippen molar-refractivity contribution in [3.8, 4) is 0 Å². The zero-order valence-electron chi connectivity index (χ0n) is 6.42. The molecular weight excluding hydrogens is 124 g/mol. The van der Waals surface area contributed by atoms with Gasteiger partial charge >= 0.3 is 0 Å². The third kappa shape index (κ3) is 1.06. The van der Waals surface area contributed by atoms with E-state index in [1.165, 1.54) is 32.2 Å². The second-order valence-corrected chi connectivity index (χ2v) is 3.50. The molecule has 0 radical (unpaired) electrons. The van der Waals surface area contributed by atoms with Crippen molar-refractivity contribution in [3.63, 3.8) is 0 Å². The molecule has 0 aromatic carbocycles. The zero-order chi connectivity index (χ0) is 6.97. The van der Waals surface area contributed by atoms with E-state index in [1.54, 1.807) is 0 Å². The highest BCUT2D eigenvalue weighted by Crippen LogP contribution is 2.32. The van der Waals surface area contributed by atoms with Crippen LogP contribution in [0.4, 0.5) is 0 Å². The summed E-state index contributed by atoms with van der Waals surface area (Å²) >= 11 is 0. The molecule has 0 unspecified atom stereocenters. The van der Waals surface area contributed by atoms with Crippen molar-refractivity contribution in [2.45, 2.75) is 37.8 Å². The molecule has 1 saturated heterocycles. The van der Waals surface area contributed by atoms with Gasteiger partial charge in [0.25, 0.3) is 0 Å². The Morgan fingerprint density at radius 1 is 1.30 bits per heavy atom. The Kier molecular flexibility index (Phi) is 1.66. The predicted molar refractivity (Wildman–Crippen MR) is 41.8 cm³/mol. The fourth-order valence-corrected chi connectivity index (χ4v) is 2.00. The van der Waals surface area contributed by atoms with Crippen LogP contribution in [-0.2, 0) is 0 Å². The van der Waals surface area contributed by atoms with Crippen molar-refractivity contribution in [2.75, 3.05) is 13.1 Å². The minimum atomic E-state index is 0.729. The van der Waals surface area contributed by atoms with Crippen LogP contribution in [0, 0.1) is 0 Å². The molecule has 2 N–H and O–H groups in total. The highest BCUT2D eigenvalue weighted by atomic mass is 15.2. The lowest BCUT2D eigenvalue weighted by molar-refractivity contribution is 0.248. The first-order chi connectivity index (χ1) is 4.92. The molecule has 2 aliphatic rings. The first-order valence-electron chi connectivity index (χ1n) is 4.37. The average molecular weight is 140 g/mol. The topological polar surface area (TPSA) is 29.3 Å². The van der Waals surface area contributed by atoms with Crippen molar-refractivity contribution in [3.05, 3.63) is 0 Å². The van der Waals surface area contributed by atoms with E-state index in [1.807, 2.05) is 0 Å². The first-order valence-corrected chi connectivity index (χ1v) is 4.37. The quantitative estimate of drug-likeness (QED) is 0.607. The third-order valence-corrected chi connectivity index (χ3v) is 2.71. The van der Waals surface area contributed by atoms with E-state index in [2.05, 4.69) is 4.90 Å². The third-order valence-electron chi connectivity index (χ3n) is 2.71. The second-order valence-electron chi connectivity index (χ2n) is 3.50. The monoisotopic (exact) mass is 140 g/mol. The smallest absolute Gasteiger partial charge is 0.0221 e. The van der Waals surface area contributed by atoms with Crippen LogP contribution >= 0.6 is 0 Å². The van der Waals surface area contributed by atoms with E-state index >= 15 is 0 Å². The maximum Gasteiger partial charge on any atom is 0.0221 e. The van der Waals surface area contributed by atoms with Crippen molar-refractivity contribution < 1.29 is 0 Å². The average Bonchev–Trinajstić information content (AvgIpc) is 2.69. The van der Waals surface area contributed by atoms with Crippen molar-refractivity contribution in [2.24, 2.45) is 5.73 Å². The Labute approximate surface area is 62.4 Å². The van der Waals surface area contributed by atoms with Gasteiger partial charge < -0.3 is 5.73 Å². The van der Waals surface area contributed by atoms with Crippen LogP contribution < -0.4 is 5.73 Å². The van der Waals surface area contributed by atoms with E-state index in [9.17, 15) is 0 Å². The highest BCUT2D eigenvalue weighted by Gasteiger charge is 2.35. The van der Waals surface area contributed by atoms with Gasteiger partial charge in [0.2, 0.25) is 0 Å². The summed E-state index contributed by atoms with van der Waals surface area (Å²) in [7, 11) is 0. The summed E-state index contributed by atoms with van der Waals surface area (Å²) < 4.78 is 0. The van der Waals surface area contributed by atoms with Crippen LogP contribution in [0.2, 0.25) is 0 Å². The van der Waals surface area contributed by atoms with Crippen LogP contribution in [0.1, 0.15) is 25.7 Å². The minimum Gasteiger partial charge on any atom is -0.329 e. The number of nitrogens with two attached hydrogens (primary N) is 1. The Morgan fingerprint density at radius 3 is 2.70 bits per heavy atom. The van der Waals surface area contributed by atoms with E-state index in [-0.39, 0.29) is 0 Å². The van der Waals surface area contributed by atoms with Crippen LogP contribution in [0.25, 0.3) is 0 Å². The summed E-state index contributed by atoms with van der Waals surface area (Å²) in [5, 5.41) is 0. The Bertz CT molecular complexity index is 120. The number of hydrogen-bond donors (Lipinski definition) is 1. The van der Waals surface area contributed by atoms with E-state index < -0.39 is 0 Å². The maximum atomic E-state index is 5.65. The van der Waals surface area contributed by atoms with Crippen molar-refractivity contribution in [1.82, 2.24) is 4.90 Å². The molecule has 1 heterocycles. The van der Waals surface area contributed by atoms with Crippen LogP contribution in [0.5, 0.6) is 0 Å². The number of hydrogen-bond acceptors (Lipinski definition) is 2. The Balaban J connectivity index is 1.91. The standard InChI is InChI=1S/C8H16N2/c9-6-8-2-1-5-10(8)7-3-4-7/h7-8H,1-6,9H2/t8-/m1/s1. The Morgan fingerprint density at radius 2 is 2.10 bits per heavy atom. The molecule has 2 nitrogen and oxygen atoms in total. The van der Waals surface area contributed by atoms with Gasteiger partial charge in [0, 0.05) is 18.6 Å². The number of likely N-dealkylation sites (tertiary alicyclic amines) is 1. The minimum absolute atomic E-state index is 0.729. The lowest BCUT2D eigenvalue weighted by Crippen LogP contribution is -2.36. The fourth-order valence-electron chi connectivity index (χ4n) is 2.00. The van der Waals surface area contributed by atoms with Gasteiger partial charge in [0.05, 0.1) is 0 Å². The van der Waals surface area contributed by atoms with Crippen LogP contribution in [0.3, 0.4) is 0 Å². The summed E-state index contributed by atoms with van der Waals surface area (Å²) in [6.45, 7) is 2.18. The van der Waals surface area contributed by atoms with Gasteiger partial charge in [-0.2, -0.15) is 0 Å². The SMILES string of the molecule is NC[C@H]1CCCN1C1CC1. The summed E-state index contributed by atoms with van der Waals surface area (Å²) in [4.78, 5) is 2.61.